The molecule has 2 unspecified atom stereocenters. The maximum absolute atomic E-state index is 13.4. The maximum Gasteiger partial charge on any atom is 0.410 e. The van der Waals surface area contributed by atoms with Crippen LogP contribution in [0.1, 0.15) is 40.5 Å². The van der Waals surface area contributed by atoms with Gasteiger partial charge in [-0.25, -0.2) is 9.18 Å². The van der Waals surface area contributed by atoms with E-state index in [0.717, 1.165) is 58.7 Å². The molecule has 0 aliphatic carbocycles. The number of carbonyl (C=O) groups is 2. The molecule has 1 aromatic rings. The number of halogens is 1. The number of ether oxygens (including phenoxy) is 1. The second-order valence-electron chi connectivity index (χ2n) is 9.95. The number of amides is 2. The van der Waals surface area contributed by atoms with Crippen molar-refractivity contribution in [3.05, 3.63) is 30.1 Å². The van der Waals surface area contributed by atoms with Crippen LogP contribution in [0.2, 0.25) is 0 Å². The van der Waals surface area contributed by atoms with Crippen molar-refractivity contribution in [2.45, 2.75) is 52.2 Å². The van der Waals surface area contributed by atoms with Crippen molar-refractivity contribution < 1.29 is 18.7 Å². The van der Waals surface area contributed by atoms with Gasteiger partial charge in [-0.15, -0.1) is 0 Å². The minimum Gasteiger partial charge on any atom is -0.444 e. The van der Waals surface area contributed by atoms with E-state index in [4.69, 9.17) is 4.74 Å². The second kappa shape index (κ2) is 10.6. The van der Waals surface area contributed by atoms with Gasteiger partial charge in [-0.1, -0.05) is 6.07 Å². The molecule has 178 valence electrons. The Labute approximate surface area is 190 Å². The summed E-state index contributed by atoms with van der Waals surface area (Å²) in [5.74, 6) is -0.0436. The predicted octanol–water partition coefficient (Wildman–Crippen LogP) is 3.42. The summed E-state index contributed by atoms with van der Waals surface area (Å²) in [6.45, 7) is 13.4. The summed E-state index contributed by atoms with van der Waals surface area (Å²) in [7, 11) is 0. The predicted molar refractivity (Wildman–Crippen MR) is 123 cm³/mol. The van der Waals surface area contributed by atoms with Crippen LogP contribution in [-0.2, 0) is 9.53 Å². The quantitative estimate of drug-likeness (QED) is 0.748. The van der Waals surface area contributed by atoms with Crippen molar-refractivity contribution in [3.8, 4) is 0 Å². The van der Waals surface area contributed by atoms with E-state index in [0.29, 0.717) is 11.6 Å². The van der Waals surface area contributed by atoms with Crippen molar-refractivity contribution in [1.82, 2.24) is 14.7 Å². The van der Waals surface area contributed by atoms with Gasteiger partial charge in [-0.05, 0) is 64.7 Å². The van der Waals surface area contributed by atoms with E-state index in [9.17, 15) is 14.0 Å². The highest BCUT2D eigenvalue weighted by atomic mass is 19.1. The average molecular weight is 449 g/mol. The Balaban J connectivity index is 1.43. The van der Waals surface area contributed by atoms with Gasteiger partial charge in [0.15, 0.2) is 0 Å². The first-order chi connectivity index (χ1) is 15.1. The van der Waals surface area contributed by atoms with E-state index in [1.807, 2.05) is 32.6 Å². The number of likely N-dealkylation sites (tertiary alicyclic amines) is 1. The average Bonchev–Trinajstić information content (AvgIpc) is 2.73. The van der Waals surface area contributed by atoms with E-state index in [1.165, 1.54) is 12.1 Å². The van der Waals surface area contributed by atoms with E-state index in [1.54, 1.807) is 12.1 Å². The highest BCUT2D eigenvalue weighted by molar-refractivity contribution is 5.94. The Morgan fingerprint density at radius 3 is 2.56 bits per heavy atom. The second-order valence-corrected chi connectivity index (χ2v) is 9.95. The number of rotatable bonds is 5. The fraction of sp³-hybridized carbons (Fsp3) is 0.667. The molecule has 0 spiro atoms. The summed E-state index contributed by atoms with van der Waals surface area (Å²) in [6, 6.07) is 5.68. The van der Waals surface area contributed by atoms with Gasteiger partial charge in [-0.2, -0.15) is 0 Å². The van der Waals surface area contributed by atoms with Gasteiger partial charge in [-0.3, -0.25) is 9.69 Å². The Hall–Kier alpha value is -2.19. The third kappa shape index (κ3) is 7.17. The number of hydrogen-bond donors (Lipinski definition) is 1. The third-order valence-electron chi connectivity index (χ3n) is 6.11. The number of nitrogens with zero attached hydrogens (tertiary/aromatic N) is 3. The molecule has 2 saturated heterocycles. The molecule has 32 heavy (non-hydrogen) atoms. The first kappa shape index (κ1) is 24.5. The summed E-state index contributed by atoms with van der Waals surface area (Å²) in [5.41, 5.74) is 0.00481. The molecule has 2 fully saturated rings. The molecule has 0 saturated carbocycles. The lowest BCUT2D eigenvalue weighted by atomic mass is 9.97. The number of anilines is 1. The zero-order valence-electron chi connectivity index (χ0n) is 19.8. The third-order valence-corrected chi connectivity index (χ3v) is 6.11. The molecule has 7 nitrogen and oxygen atoms in total. The molecular weight excluding hydrogens is 411 g/mol. The standard InChI is InChI=1S/C24H37FN4O3/c1-18(22(30)26-21-9-5-8-20(25)15-21)28-13-11-27(12-14-28)16-19-7-6-10-29(17-19)23(31)32-24(2,3)4/h5,8-9,15,18-19H,6-7,10-14,16-17H2,1-4H3,(H,26,30). The van der Waals surface area contributed by atoms with E-state index >= 15 is 0 Å². The van der Waals surface area contributed by atoms with Gasteiger partial charge in [0.1, 0.15) is 11.4 Å². The molecule has 2 heterocycles. The number of carbonyl (C=O) groups excluding carboxylic acids is 2. The lowest BCUT2D eigenvalue weighted by Crippen LogP contribution is -2.54. The number of nitrogens with one attached hydrogen (secondary N) is 1. The van der Waals surface area contributed by atoms with Gasteiger partial charge in [0.05, 0.1) is 6.04 Å². The summed E-state index contributed by atoms with van der Waals surface area (Å²) in [4.78, 5) is 31.4. The summed E-state index contributed by atoms with van der Waals surface area (Å²) < 4.78 is 18.9. The molecule has 0 bridgehead atoms. The molecule has 2 amide bonds. The number of piperidine rings is 1. The molecule has 2 atom stereocenters. The lowest BCUT2D eigenvalue weighted by molar-refractivity contribution is -0.121. The molecule has 2 aliphatic rings. The van der Waals surface area contributed by atoms with Crippen LogP contribution < -0.4 is 5.32 Å². The van der Waals surface area contributed by atoms with Crippen LogP contribution in [0.4, 0.5) is 14.9 Å². The first-order valence-corrected chi connectivity index (χ1v) is 11.6. The van der Waals surface area contributed by atoms with Gasteiger partial charge in [0.2, 0.25) is 5.91 Å². The fourth-order valence-corrected chi connectivity index (χ4v) is 4.38. The minimum absolute atomic E-state index is 0.121. The Morgan fingerprint density at radius 1 is 1.19 bits per heavy atom. The van der Waals surface area contributed by atoms with Gasteiger partial charge in [0, 0.05) is 51.5 Å². The first-order valence-electron chi connectivity index (χ1n) is 11.6. The fourth-order valence-electron chi connectivity index (χ4n) is 4.38. The van der Waals surface area contributed by atoms with Crippen LogP contribution >= 0.6 is 0 Å². The number of benzene rings is 1. The Bertz CT molecular complexity index is 790. The topological polar surface area (TPSA) is 65.1 Å². The molecule has 1 N–H and O–H groups in total. The summed E-state index contributed by atoms with van der Waals surface area (Å²) >= 11 is 0. The molecule has 0 radical (unpaired) electrons. The molecule has 8 heteroatoms. The van der Waals surface area contributed by atoms with E-state index < -0.39 is 5.60 Å². The SMILES string of the molecule is CC(C(=O)Nc1cccc(F)c1)N1CCN(CC2CCCN(C(=O)OC(C)(C)C)C2)CC1. The van der Waals surface area contributed by atoms with Gasteiger partial charge < -0.3 is 19.9 Å². The largest absolute Gasteiger partial charge is 0.444 e. The van der Waals surface area contributed by atoms with Crippen LogP contribution in [-0.4, -0.2) is 84.2 Å². The highest BCUT2D eigenvalue weighted by Crippen LogP contribution is 2.21. The zero-order chi connectivity index (χ0) is 23.3. The van der Waals surface area contributed by atoms with Crippen LogP contribution in [0.25, 0.3) is 0 Å². The zero-order valence-corrected chi connectivity index (χ0v) is 19.8. The maximum atomic E-state index is 13.4. The minimum atomic E-state index is -0.474. The summed E-state index contributed by atoms with van der Waals surface area (Å²) in [6.07, 6.45) is 1.90. The smallest absolute Gasteiger partial charge is 0.410 e. The van der Waals surface area contributed by atoms with Crippen molar-refractivity contribution in [2.75, 3.05) is 51.1 Å². The number of hydrogen-bond acceptors (Lipinski definition) is 5. The molecule has 1 aromatic carbocycles. The molecule has 0 aromatic heterocycles. The van der Waals surface area contributed by atoms with Crippen LogP contribution in [0.5, 0.6) is 0 Å². The van der Waals surface area contributed by atoms with Crippen molar-refractivity contribution in [1.29, 1.82) is 0 Å². The highest BCUT2D eigenvalue weighted by Gasteiger charge is 2.30. The van der Waals surface area contributed by atoms with Gasteiger partial charge in [0.25, 0.3) is 0 Å². The van der Waals surface area contributed by atoms with E-state index in [2.05, 4.69) is 15.1 Å². The molecular formula is C24H37FN4O3. The Kier molecular flexibility index (Phi) is 8.11. The van der Waals surface area contributed by atoms with Gasteiger partial charge >= 0.3 is 6.09 Å². The van der Waals surface area contributed by atoms with Crippen molar-refractivity contribution in [2.24, 2.45) is 5.92 Å². The molecule has 3 rings (SSSR count). The molecule has 2 aliphatic heterocycles. The summed E-state index contributed by atoms with van der Waals surface area (Å²) in [5, 5.41) is 2.80. The van der Waals surface area contributed by atoms with E-state index in [-0.39, 0.29) is 23.9 Å². The monoisotopic (exact) mass is 448 g/mol. The van der Waals surface area contributed by atoms with Crippen LogP contribution in [0.15, 0.2) is 24.3 Å². The Morgan fingerprint density at radius 2 is 1.91 bits per heavy atom. The van der Waals surface area contributed by atoms with Crippen LogP contribution in [0, 0.1) is 11.7 Å². The van der Waals surface area contributed by atoms with Crippen molar-refractivity contribution >= 4 is 17.7 Å². The van der Waals surface area contributed by atoms with Crippen molar-refractivity contribution in [3.63, 3.8) is 0 Å². The normalized spacial score (nSPS) is 21.8. The van der Waals surface area contributed by atoms with Crippen LogP contribution in [0.3, 0.4) is 0 Å². The number of piperazine rings is 1. The lowest BCUT2D eigenvalue weighted by Gasteiger charge is -2.40.